The first-order chi connectivity index (χ1) is 11.2. The van der Waals surface area contributed by atoms with E-state index in [2.05, 4.69) is 17.0 Å². The molecule has 1 N–H and O–H groups in total. The average Bonchev–Trinajstić information content (AvgIpc) is 3.11. The third-order valence-electron chi connectivity index (χ3n) is 4.07. The number of rotatable bonds is 4. The van der Waals surface area contributed by atoms with Crippen LogP contribution >= 0.6 is 0 Å². The quantitative estimate of drug-likeness (QED) is 0.682. The number of aromatic hydroxyl groups is 1. The topological polar surface area (TPSA) is 40.5 Å². The summed E-state index contributed by atoms with van der Waals surface area (Å²) in [6.07, 6.45) is 6.51. The minimum atomic E-state index is -0.793. The summed E-state index contributed by atoms with van der Waals surface area (Å²) in [7, 11) is 0. The zero-order valence-corrected chi connectivity index (χ0v) is 12.7. The average molecular weight is 311 g/mol. The van der Waals surface area contributed by atoms with E-state index < -0.39 is 11.6 Å². The van der Waals surface area contributed by atoms with Crippen molar-refractivity contribution in [1.82, 2.24) is 0 Å². The Morgan fingerprint density at radius 2 is 1.65 bits per heavy atom. The van der Waals surface area contributed by atoms with Gasteiger partial charge in [0.1, 0.15) is 0 Å². The maximum Gasteiger partial charge on any atom is 0.166 e. The van der Waals surface area contributed by atoms with Gasteiger partial charge < -0.3 is 10.0 Å². The van der Waals surface area contributed by atoms with Crippen molar-refractivity contribution in [2.75, 3.05) is 18.0 Å². The normalized spacial score (nSPS) is 14.6. The standard InChI is InChI=1S/C19H18FNO2/c20-18-12-15(11-16(13-22)19(18)23)4-3-14-5-7-17(8-6-14)21-9-1-2-10-21/h3-8,11-13,23H,1-2,9-10H2/b4-3-. The molecule has 1 aliphatic heterocycles. The first-order valence-electron chi connectivity index (χ1n) is 7.68. The third-order valence-corrected chi connectivity index (χ3v) is 4.07. The highest BCUT2D eigenvalue weighted by Crippen LogP contribution is 2.24. The molecule has 0 aliphatic carbocycles. The molecular formula is C19H18FNO2. The lowest BCUT2D eigenvalue weighted by Gasteiger charge is -2.17. The Morgan fingerprint density at radius 1 is 1.00 bits per heavy atom. The van der Waals surface area contributed by atoms with Gasteiger partial charge in [-0.3, -0.25) is 4.79 Å². The van der Waals surface area contributed by atoms with E-state index in [4.69, 9.17) is 0 Å². The van der Waals surface area contributed by atoms with Crippen LogP contribution in [-0.2, 0) is 0 Å². The Bertz CT molecular complexity index is 732. The van der Waals surface area contributed by atoms with Crippen LogP contribution in [-0.4, -0.2) is 24.5 Å². The Kier molecular flexibility index (Phi) is 4.42. The molecule has 0 bridgehead atoms. The monoisotopic (exact) mass is 311 g/mol. The van der Waals surface area contributed by atoms with E-state index in [1.54, 1.807) is 6.08 Å². The number of halogens is 1. The molecule has 0 radical (unpaired) electrons. The van der Waals surface area contributed by atoms with E-state index in [9.17, 15) is 14.3 Å². The smallest absolute Gasteiger partial charge is 0.166 e. The summed E-state index contributed by atoms with van der Waals surface area (Å²) in [5.74, 6) is -1.40. The first-order valence-corrected chi connectivity index (χ1v) is 7.68. The summed E-state index contributed by atoms with van der Waals surface area (Å²) in [5.41, 5.74) is 2.70. The van der Waals surface area contributed by atoms with Crippen molar-refractivity contribution < 1.29 is 14.3 Å². The Balaban J connectivity index is 1.77. The van der Waals surface area contributed by atoms with Crippen molar-refractivity contribution >= 4 is 24.1 Å². The number of aldehydes is 1. The molecule has 0 aromatic heterocycles. The molecule has 23 heavy (non-hydrogen) atoms. The van der Waals surface area contributed by atoms with Gasteiger partial charge in [-0.1, -0.05) is 24.3 Å². The van der Waals surface area contributed by atoms with Crippen LogP contribution in [0, 0.1) is 5.82 Å². The van der Waals surface area contributed by atoms with Crippen LogP contribution in [0.4, 0.5) is 10.1 Å². The predicted octanol–water partition coefficient (Wildman–Crippen LogP) is 4.11. The fraction of sp³-hybridized carbons (Fsp3) is 0.211. The predicted molar refractivity (Wildman–Crippen MR) is 90.3 cm³/mol. The summed E-state index contributed by atoms with van der Waals surface area (Å²) < 4.78 is 13.5. The lowest BCUT2D eigenvalue weighted by molar-refractivity contribution is 0.112. The van der Waals surface area contributed by atoms with E-state index in [0.29, 0.717) is 11.8 Å². The van der Waals surface area contributed by atoms with Crippen LogP contribution in [0.2, 0.25) is 0 Å². The van der Waals surface area contributed by atoms with Gasteiger partial charge in [0.15, 0.2) is 17.9 Å². The number of carbonyl (C=O) groups is 1. The largest absolute Gasteiger partial charge is 0.504 e. The van der Waals surface area contributed by atoms with Crippen LogP contribution in [0.3, 0.4) is 0 Å². The second-order valence-corrected chi connectivity index (χ2v) is 5.68. The Hall–Kier alpha value is -2.62. The van der Waals surface area contributed by atoms with Crippen LogP contribution in [0.5, 0.6) is 5.75 Å². The summed E-state index contributed by atoms with van der Waals surface area (Å²) >= 11 is 0. The number of nitrogens with zero attached hydrogens (tertiary/aromatic N) is 1. The fourth-order valence-electron chi connectivity index (χ4n) is 2.79. The molecule has 0 spiro atoms. The highest BCUT2D eigenvalue weighted by Gasteiger charge is 2.11. The summed E-state index contributed by atoms with van der Waals surface area (Å²) in [6, 6.07) is 10.9. The highest BCUT2D eigenvalue weighted by atomic mass is 19.1. The van der Waals surface area contributed by atoms with Crippen LogP contribution in [0.15, 0.2) is 36.4 Å². The van der Waals surface area contributed by atoms with Crippen molar-refractivity contribution in [2.24, 2.45) is 0 Å². The zero-order chi connectivity index (χ0) is 16.2. The van der Waals surface area contributed by atoms with Gasteiger partial charge in [-0.15, -0.1) is 0 Å². The lowest BCUT2D eigenvalue weighted by atomic mass is 10.1. The van der Waals surface area contributed by atoms with E-state index >= 15 is 0 Å². The number of hydrogen-bond acceptors (Lipinski definition) is 3. The maximum absolute atomic E-state index is 13.5. The first kappa shape index (κ1) is 15.3. The number of carbonyl (C=O) groups excluding carboxylic acids is 1. The van der Waals surface area contributed by atoms with Crippen LogP contribution in [0.1, 0.15) is 34.3 Å². The Labute approximate surface area is 134 Å². The van der Waals surface area contributed by atoms with Gasteiger partial charge in [0.05, 0.1) is 5.56 Å². The van der Waals surface area contributed by atoms with E-state index in [-0.39, 0.29) is 5.56 Å². The molecule has 2 aromatic rings. The molecule has 1 fully saturated rings. The van der Waals surface area contributed by atoms with Crippen LogP contribution < -0.4 is 4.90 Å². The molecule has 4 heteroatoms. The molecule has 0 atom stereocenters. The van der Waals surface area contributed by atoms with E-state index in [1.807, 2.05) is 18.2 Å². The number of benzene rings is 2. The molecule has 1 aliphatic rings. The SMILES string of the molecule is O=Cc1cc(/C=C\c2ccc(N3CCCC3)cc2)cc(F)c1O. The van der Waals surface area contributed by atoms with E-state index in [1.165, 1.54) is 30.7 Å². The van der Waals surface area contributed by atoms with Crippen LogP contribution in [0.25, 0.3) is 12.2 Å². The molecule has 2 aromatic carbocycles. The van der Waals surface area contributed by atoms with Gasteiger partial charge in [-0.05, 0) is 48.2 Å². The van der Waals surface area contributed by atoms with Crippen molar-refractivity contribution in [3.05, 3.63) is 58.9 Å². The van der Waals surface area contributed by atoms with Crippen molar-refractivity contribution in [3.63, 3.8) is 0 Å². The molecular weight excluding hydrogens is 293 g/mol. The van der Waals surface area contributed by atoms with Gasteiger partial charge >= 0.3 is 0 Å². The van der Waals surface area contributed by atoms with Gasteiger partial charge in [-0.2, -0.15) is 0 Å². The zero-order valence-electron chi connectivity index (χ0n) is 12.7. The van der Waals surface area contributed by atoms with Gasteiger partial charge in [0.2, 0.25) is 0 Å². The maximum atomic E-state index is 13.5. The minimum absolute atomic E-state index is 0.0472. The molecule has 3 rings (SSSR count). The molecule has 1 heterocycles. The molecule has 118 valence electrons. The summed E-state index contributed by atoms with van der Waals surface area (Å²) in [6.45, 7) is 2.22. The van der Waals surface area contributed by atoms with Crippen molar-refractivity contribution in [1.29, 1.82) is 0 Å². The number of anilines is 1. The molecule has 0 saturated carbocycles. The van der Waals surface area contributed by atoms with E-state index in [0.717, 1.165) is 18.7 Å². The lowest BCUT2D eigenvalue weighted by Crippen LogP contribution is -2.17. The van der Waals surface area contributed by atoms with Gasteiger partial charge in [-0.25, -0.2) is 4.39 Å². The summed E-state index contributed by atoms with van der Waals surface area (Å²) in [4.78, 5) is 13.2. The second kappa shape index (κ2) is 6.65. The van der Waals surface area contributed by atoms with Crippen molar-refractivity contribution in [2.45, 2.75) is 12.8 Å². The number of phenols is 1. The van der Waals surface area contributed by atoms with Gasteiger partial charge in [0.25, 0.3) is 0 Å². The second-order valence-electron chi connectivity index (χ2n) is 5.68. The highest BCUT2D eigenvalue weighted by molar-refractivity contribution is 5.82. The van der Waals surface area contributed by atoms with Crippen molar-refractivity contribution in [3.8, 4) is 5.75 Å². The minimum Gasteiger partial charge on any atom is -0.504 e. The number of phenolic OH excluding ortho intramolecular Hbond substituents is 1. The molecule has 3 nitrogen and oxygen atoms in total. The Morgan fingerprint density at radius 3 is 2.30 bits per heavy atom. The third kappa shape index (κ3) is 3.42. The van der Waals surface area contributed by atoms with Gasteiger partial charge in [0, 0.05) is 18.8 Å². The molecule has 1 saturated heterocycles. The molecule has 0 unspecified atom stereocenters. The fourth-order valence-corrected chi connectivity index (χ4v) is 2.79. The molecule has 0 amide bonds. The number of hydrogen-bond donors (Lipinski definition) is 1. The summed E-state index contributed by atoms with van der Waals surface area (Å²) in [5, 5.41) is 9.41.